The van der Waals surface area contributed by atoms with E-state index in [4.69, 9.17) is 24.4 Å². The van der Waals surface area contributed by atoms with Crippen LogP contribution in [0.25, 0.3) is 0 Å². The van der Waals surface area contributed by atoms with Crippen molar-refractivity contribution >= 4 is 5.97 Å². The summed E-state index contributed by atoms with van der Waals surface area (Å²) in [6.07, 6.45) is 16.7. The van der Waals surface area contributed by atoms with E-state index in [1.807, 2.05) is 0 Å². The van der Waals surface area contributed by atoms with Gasteiger partial charge in [0.05, 0.1) is 33.0 Å². The van der Waals surface area contributed by atoms with Crippen molar-refractivity contribution in [3.63, 3.8) is 0 Å². The van der Waals surface area contributed by atoms with Crippen molar-refractivity contribution in [1.82, 2.24) is 0 Å². The van der Waals surface area contributed by atoms with E-state index < -0.39 is 24.9 Å². The molecule has 8 heteroatoms. The van der Waals surface area contributed by atoms with Crippen LogP contribution in [0.1, 0.15) is 110 Å². The molecular weight excluding hydrogens is 452 g/mol. The summed E-state index contributed by atoms with van der Waals surface area (Å²) in [6.45, 7) is 1.46. The summed E-state index contributed by atoms with van der Waals surface area (Å²) in [5.74, 6) is -0.311. The molecule has 8 nitrogen and oxygen atoms in total. The normalized spacial score (nSPS) is 14.1. The number of esters is 1. The highest BCUT2D eigenvalue weighted by atomic mass is 16.6. The second-order valence-corrected chi connectivity index (χ2v) is 9.60. The number of carbonyl (C=O) groups is 1. The highest BCUT2D eigenvalue weighted by Gasteiger charge is 2.12. The number of aliphatic hydroxyl groups is 4. The first-order valence-electron chi connectivity index (χ1n) is 14.0. The molecular formula is C27H54O8. The van der Waals surface area contributed by atoms with Crippen LogP contribution >= 0.6 is 0 Å². The number of carbonyl (C=O) groups excluding carboxylic acids is 1. The molecule has 0 saturated carbocycles. The van der Waals surface area contributed by atoms with Gasteiger partial charge in [-0.3, -0.25) is 4.79 Å². The van der Waals surface area contributed by atoms with E-state index in [0.29, 0.717) is 6.42 Å². The van der Waals surface area contributed by atoms with Crippen LogP contribution < -0.4 is 0 Å². The third-order valence-electron chi connectivity index (χ3n) is 5.87. The predicted molar refractivity (Wildman–Crippen MR) is 137 cm³/mol. The van der Waals surface area contributed by atoms with E-state index >= 15 is 0 Å². The molecule has 0 aliphatic rings. The molecule has 0 amide bonds. The Morgan fingerprint density at radius 3 is 1.37 bits per heavy atom. The minimum atomic E-state index is -0.978. The maximum atomic E-state index is 11.8. The van der Waals surface area contributed by atoms with Gasteiger partial charge in [-0.25, -0.2) is 0 Å². The largest absolute Gasteiger partial charge is 0.463 e. The van der Waals surface area contributed by atoms with Gasteiger partial charge in [0.2, 0.25) is 0 Å². The lowest BCUT2D eigenvalue weighted by Crippen LogP contribution is -2.29. The molecule has 0 aliphatic heterocycles. The van der Waals surface area contributed by atoms with Gasteiger partial charge in [-0.1, -0.05) is 96.8 Å². The molecule has 210 valence electrons. The zero-order valence-electron chi connectivity index (χ0n) is 22.2. The molecule has 0 spiro atoms. The zero-order chi connectivity index (χ0) is 26.0. The summed E-state index contributed by atoms with van der Waals surface area (Å²) in [5, 5.41) is 37.3. The number of hydrogen-bond acceptors (Lipinski definition) is 8. The van der Waals surface area contributed by atoms with Crippen LogP contribution in [0, 0.1) is 0 Å². The monoisotopic (exact) mass is 506 g/mol. The molecule has 0 radical (unpaired) electrons. The van der Waals surface area contributed by atoms with Crippen LogP contribution in [0.5, 0.6) is 0 Å². The number of unbranched alkanes of at least 4 members (excludes halogenated alkanes) is 14. The first-order chi connectivity index (χ1) is 17.0. The SMILES string of the molecule is CCCCCCCCCCCCCCCCCC(=O)OCC(O)COCC(O)COCC(O)CO. The fourth-order valence-electron chi connectivity index (χ4n) is 3.73. The molecule has 0 aliphatic carbocycles. The molecule has 0 heterocycles. The topological polar surface area (TPSA) is 126 Å². The van der Waals surface area contributed by atoms with Crippen LogP contribution in [-0.4, -0.2) is 84.3 Å². The molecule has 0 fully saturated rings. The lowest BCUT2D eigenvalue weighted by molar-refractivity contribution is -0.148. The molecule has 4 N–H and O–H groups in total. The molecule has 35 heavy (non-hydrogen) atoms. The first-order valence-corrected chi connectivity index (χ1v) is 14.0. The van der Waals surface area contributed by atoms with Crippen molar-refractivity contribution in [2.75, 3.05) is 39.6 Å². The number of ether oxygens (including phenoxy) is 3. The smallest absolute Gasteiger partial charge is 0.305 e. The van der Waals surface area contributed by atoms with Crippen LogP contribution in [0.4, 0.5) is 0 Å². The molecule has 3 unspecified atom stereocenters. The minimum absolute atomic E-state index is 0.0542. The van der Waals surface area contributed by atoms with Gasteiger partial charge < -0.3 is 34.6 Å². The van der Waals surface area contributed by atoms with E-state index in [1.54, 1.807) is 0 Å². The Balaban J connectivity index is 3.39. The summed E-state index contributed by atoms with van der Waals surface area (Å²) in [6, 6.07) is 0. The highest BCUT2D eigenvalue weighted by molar-refractivity contribution is 5.69. The van der Waals surface area contributed by atoms with Gasteiger partial charge in [-0.2, -0.15) is 0 Å². The van der Waals surface area contributed by atoms with Gasteiger partial charge in [0.25, 0.3) is 0 Å². The molecule has 0 aromatic rings. The van der Waals surface area contributed by atoms with Crippen molar-refractivity contribution < 1.29 is 39.4 Å². The Kier molecular flexibility index (Phi) is 25.7. The molecule has 0 rings (SSSR count). The average molecular weight is 507 g/mol. The van der Waals surface area contributed by atoms with Gasteiger partial charge >= 0.3 is 5.97 Å². The van der Waals surface area contributed by atoms with Crippen LogP contribution in [0.2, 0.25) is 0 Å². The highest BCUT2D eigenvalue weighted by Crippen LogP contribution is 2.13. The van der Waals surface area contributed by atoms with Crippen LogP contribution in [0.3, 0.4) is 0 Å². The maximum Gasteiger partial charge on any atom is 0.305 e. The van der Waals surface area contributed by atoms with Crippen molar-refractivity contribution in [3.8, 4) is 0 Å². The second kappa shape index (κ2) is 26.3. The van der Waals surface area contributed by atoms with E-state index in [1.165, 1.54) is 77.0 Å². The number of aliphatic hydroxyl groups excluding tert-OH is 4. The third kappa shape index (κ3) is 26.1. The fraction of sp³-hybridized carbons (Fsp3) is 0.963. The zero-order valence-corrected chi connectivity index (χ0v) is 22.2. The molecule has 3 atom stereocenters. The first kappa shape index (κ1) is 34.2. The van der Waals surface area contributed by atoms with Crippen LogP contribution in [0.15, 0.2) is 0 Å². The van der Waals surface area contributed by atoms with Gasteiger partial charge in [-0.05, 0) is 6.42 Å². The Labute approximate surface area is 213 Å². The van der Waals surface area contributed by atoms with Gasteiger partial charge in [-0.15, -0.1) is 0 Å². The summed E-state index contributed by atoms with van der Waals surface area (Å²) in [4.78, 5) is 11.8. The summed E-state index contributed by atoms with van der Waals surface area (Å²) in [5.41, 5.74) is 0. The Bertz CT molecular complexity index is 449. The van der Waals surface area contributed by atoms with Gasteiger partial charge in [0.1, 0.15) is 24.9 Å². The van der Waals surface area contributed by atoms with Crippen molar-refractivity contribution in [2.24, 2.45) is 0 Å². The Morgan fingerprint density at radius 1 is 0.571 bits per heavy atom. The fourth-order valence-corrected chi connectivity index (χ4v) is 3.73. The van der Waals surface area contributed by atoms with Gasteiger partial charge in [0, 0.05) is 6.42 Å². The van der Waals surface area contributed by atoms with Crippen molar-refractivity contribution in [3.05, 3.63) is 0 Å². The van der Waals surface area contributed by atoms with Crippen LogP contribution in [-0.2, 0) is 19.0 Å². The lowest BCUT2D eigenvalue weighted by atomic mass is 10.0. The molecule has 0 aromatic carbocycles. The van der Waals surface area contributed by atoms with Crippen molar-refractivity contribution in [2.45, 2.75) is 128 Å². The number of hydrogen-bond donors (Lipinski definition) is 4. The molecule has 0 saturated heterocycles. The maximum absolute atomic E-state index is 11.8. The minimum Gasteiger partial charge on any atom is -0.463 e. The van der Waals surface area contributed by atoms with Gasteiger partial charge in [0.15, 0.2) is 0 Å². The van der Waals surface area contributed by atoms with E-state index in [-0.39, 0.29) is 39.0 Å². The number of rotatable bonds is 27. The summed E-state index contributed by atoms with van der Waals surface area (Å²) < 4.78 is 15.3. The summed E-state index contributed by atoms with van der Waals surface area (Å²) in [7, 11) is 0. The Hall–Kier alpha value is -0.770. The Morgan fingerprint density at radius 2 is 0.943 bits per heavy atom. The summed E-state index contributed by atoms with van der Waals surface area (Å²) >= 11 is 0. The lowest BCUT2D eigenvalue weighted by Gasteiger charge is -2.15. The second-order valence-electron chi connectivity index (χ2n) is 9.60. The van der Waals surface area contributed by atoms with Crippen molar-refractivity contribution in [1.29, 1.82) is 0 Å². The standard InChI is InChI=1S/C27H54O8/c1-2-3-4-5-6-7-8-9-10-11-12-13-14-15-16-17-27(32)35-23-26(31)22-34-21-25(30)20-33-19-24(29)18-28/h24-26,28-31H,2-23H2,1H3. The molecule has 0 aromatic heterocycles. The molecule has 0 bridgehead atoms. The van der Waals surface area contributed by atoms with E-state index in [0.717, 1.165) is 19.3 Å². The quantitative estimate of drug-likeness (QED) is 0.0976. The average Bonchev–Trinajstić information content (AvgIpc) is 2.85. The van der Waals surface area contributed by atoms with E-state index in [9.17, 15) is 15.0 Å². The van der Waals surface area contributed by atoms with E-state index in [2.05, 4.69) is 6.92 Å². The third-order valence-corrected chi connectivity index (χ3v) is 5.87. The predicted octanol–water partition coefficient (Wildman–Crippen LogP) is 3.90.